The van der Waals surface area contributed by atoms with Crippen molar-refractivity contribution >= 4 is 0 Å². The predicted octanol–water partition coefficient (Wildman–Crippen LogP) is 0.571. The van der Waals surface area contributed by atoms with Gasteiger partial charge >= 0.3 is 0 Å². The molecule has 3 nitrogen and oxygen atoms in total. The second kappa shape index (κ2) is 6.42. The maximum absolute atomic E-state index is 3.73. The van der Waals surface area contributed by atoms with Gasteiger partial charge in [-0.15, -0.1) is 0 Å². The van der Waals surface area contributed by atoms with Gasteiger partial charge in [0.15, 0.2) is 0 Å². The summed E-state index contributed by atoms with van der Waals surface area (Å²) in [5, 5.41) is 3.12. The predicted molar refractivity (Wildman–Crippen MR) is 44.2 cm³/mol. The fourth-order valence-corrected chi connectivity index (χ4v) is 0.611. The zero-order valence-electron chi connectivity index (χ0n) is 6.83. The monoisotopic (exact) mass is 143 g/mol. The van der Waals surface area contributed by atoms with E-state index in [1.807, 2.05) is 7.05 Å². The van der Waals surface area contributed by atoms with Crippen LogP contribution in [0.4, 0.5) is 0 Å². The molecular weight excluding hydrogens is 126 g/mol. The molecule has 60 valence electrons. The van der Waals surface area contributed by atoms with Gasteiger partial charge in [-0.25, -0.2) is 5.43 Å². The molecule has 0 saturated carbocycles. The van der Waals surface area contributed by atoms with E-state index in [1.54, 1.807) is 0 Å². The maximum Gasteiger partial charge on any atom is 0.106 e. The number of nitrogens with one attached hydrogen (secondary N) is 3. The molecular formula is C7H17N3. The van der Waals surface area contributed by atoms with E-state index in [0.717, 1.165) is 12.4 Å². The van der Waals surface area contributed by atoms with Crippen LogP contribution < -0.4 is 16.2 Å². The van der Waals surface area contributed by atoms with E-state index in [4.69, 9.17) is 0 Å². The summed E-state index contributed by atoms with van der Waals surface area (Å²) in [5.41, 5.74) is 5.63. The van der Waals surface area contributed by atoms with Crippen LogP contribution in [0.3, 0.4) is 0 Å². The Hall–Kier alpha value is -0.700. The van der Waals surface area contributed by atoms with E-state index in [0.29, 0.717) is 0 Å². The van der Waals surface area contributed by atoms with E-state index in [2.05, 4.69) is 29.7 Å². The maximum atomic E-state index is 3.73. The number of unbranched alkanes of at least 4 members (excludes halogenated alkanes) is 1. The Morgan fingerprint density at radius 3 is 2.70 bits per heavy atom. The highest BCUT2D eigenvalue weighted by Gasteiger charge is 1.86. The van der Waals surface area contributed by atoms with Gasteiger partial charge in [0.05, 0.1) is 0 Å². The van der Waals surface area contributed by atoms with Crippen LogP contribution in [-0.2, 0) is 0 Å². The molecule has 10 heavy (non-hydrogen) atoms. The van der Waals surface area contributed by atoms with Crippen molar-refractivity contribution in [3.8, 4) is 0 Å². The van der Waals surface area contributed by atoms with Gasteiger partial charge < -0.3 is 10.7 Å². The third-order valence-electron chi connectivity index (χ3n) is 1.14. The molecule has 0 aliphatic heterocycles. The molecule has 3 N–H and O–H groups in total. The Bertz CT molecular complexity index is 90.9. The molecule has 0 fully saturated rings. The van der Waals surface area contributed by atoms with E-state index in [9.17, 15) is 0 Å². The van der Waals surface area contributed by atoms with Crippen LogP contribution in [0.5, 0.6) is 0 Å². The van der Waals surface area contributed by atoms with Crippen molar-refractivity contribution in [1.29, 1.82) is 0 Å². The van der Waals surface area contributed by atoms with Crippen molar-refractivity contribution < 1.29 is 0 Å². The lowest BCUT2D eigenvalue weighted by atomic mass is 10.3. The largest absolute Gasteiger partial charge is 0.371 e. The summed E-state index contributed by atoms with van der Waals surface area (Å²) >= 11 is 0. The van der Waals surface area contributed by atoms with Crippen molar-refractivity contribution in [2.75, 3.05) is 13.6 Å². The summed E-state index contributed by atoms with van der Waals surface area (Å²) < 4.78 is 0. The molecule has 0 saturated heterocycles. The summed E-state index contributed by atoms with van der Waals surface area (Å²) in [6.45, 7) is 6.88. The average Bonchev–Trinajstić information content (AvgIpc) is 1.89. The summed E-state index contributed by atoms with van der Waals surface area (Å²) in [6.07, 6.45) is 2.39. The SMILES string of the molecule is C=C(NCCCC)NNC. The van der Waals surface area contributed by atoms with Gasteiger partial charge in [-0.1, -0.05) is 19.9 Å². The van der Waals surface area contributed by atoms with Crippen LogP contribution in [0.1, 0.15) is 19.8 Å². The van der Waals surface area contributed by atoms with Gasteiger partial charge in [-0.05, 0) is 6.42 Å². The summed E-state index contributed by atoms with van der Waals surface area (Å²) in [6, 6.07) is 0. The highest BCUT2D eigenvalue weighted by atomic mass is 15.4. The topological polar surface area (TPSA) is 36.1 Å². The van der Waals surface area contributed by atoms with Gasteiger partial charge in [0.2, 0.25) is 0 Å². The molecule has 3 heteroatoms. The minimum absolute atomic E-state index is 0.830. The molecule has 0 aliphatic rings. The van der Waals surface area contributed by atoms with Gasteiger partial charge in [-0.2, -0.15) is 0 Å². The van der Waals surface area contributed by atoms with Crippen molar-refractivity contribution in [3.63, 3.8) is 0 Å². The first-order chi connectivity index (χ1) is 4.81. The van der Waals surface area contributed by atoms with E-state index < -0.39 is 0 Å². The first kappa shape index (κ1) is 9.30. The van der Waals surface area contributed by atoms with Gasteiger partial charge in [0.25, 0.3) is 0 Å². The van der Waals surface area contributed by atoms with Gasteiger partial charge in [-0.3, -0.25) is 0 Å². The first-order valence-corrected chi connectivity index (χ1v) is 3.66. The molecule has 0 bridgehead atoms. The molecule has 0 unspecified atom stereocenters. The standard InChI is InChI=1S/C7H17N3/c1-4-5-6-9-7(2)10-8-3/h8-10H,2,4-6H2,1,3H3. The zero-order valence-corrected chi connectivity index (χ0v) is 6.83. The van der Waals surface area contributed by atoms with Crippen molar-refractivity contribution in [3.05, 3.63) is 12.4 Å². The summed E-state index contributed by atoms with van der Waals surface area (Å²) in [7, 11) is 1.81. The van der Waals surface area contributed by atoms with Gasteiger partial charge in [0.1, 0.15) is 5.82 Å². The Kier molecular flexibility index (Phi) is 5.97. The Balaban J connectivity index is 3.05. The lowest BCUT2D eigenvalue weighted by Crippen LogP contribution is -2.34. The van der Waals surface area contributed by atoms with Crippen LogP contribution in [0.25, 0.3) is 0 Å². The van der Waals surface area contributed by atoms with Crippen molar-refractivity contribution in [2.24, 2.45) is 0 Å². The lowest BCUT2D eigenvalue weighted by Gasteiger charge is -2.09. The molecule has 0 aliphatic carbocycles. The number of hydrogen-bond acceptors (Lipinski definition) is 3. The molecule has 0 aromatic carbocycles. The second-order valence-electron chi connectivity index (χ2n) is 2.13. The summed E-state index contributed by atoms with van der Waals surface area (Å²) in [4.78, 5) is 0. The molecule has 0 aromatic heterocycles. The first-order valence-electron chi connectivity index (χ1n) is 3.66. The molecule has 0 aromatic rings. The molecule has 0 atom stereocenters. The number of hydrogen-bond donors (Lipinski definition) is 3. The van der Waals surface area contributed by atoms with E-state index in [1.165, 1.54) is 12.8 Å². The molecule has 0 spiro atoms. The highest BCUT2D eigenvalue weighted by Crippen LogP contribution is 1.83. The lowest BCUT2D eigenvalue weighted by molar-refractivity contribution is 0.602. The quantitative estimate of drug-likeness (QED) is 0.376. The van der Waals surface area contributed by atoms with Crippen LogP contribution in [0.15, 0.2) is 12.4 Å². The zero-order chi connectivity index (χ0) is 7.82. The number of rotatable bonds is 6. The molecule has 0 heterocycles. The van der Waals surface area contributed by atoms with E-state index in [-0.39, 0.29) is 0 Å². The third kappa shape index (κ3) is 5.44. The number of hydrazine groups is 1. The van der Waals surface area contributed by atoms with Crippen LogP contribution >= 0.6 is 0 Å². The third-order valence-corrected chi connectivity index (χ3v) is 1.14. The van der Waals surface area contributed by atoms with Crippen LogP contribution in [-0.4, -0.2) is 13.6 Å². The molecule has 0 amide bonds. The van der Waals surface area contributed by atoms with Crippen molar-refractivity contribution in [2.45, 2.75) is 19.8 Å². The second-order valence-corrected chi connectivity index (χ2v) is 2.13. The highest BCUT2D eigenvalue weighted by molar-refractivity contribution is 4.84. The van der Waals surface area contributed by atoms with Crippen LogP contribution in [0, 0.1) is 0 Å². The fraction of sp³-hybridized carbons (Fsp3) is 0.714. The average molecular weight is 143 g/mol. The smallest absolute Gasteiger partial charge is 0.106 e. The van der Waals surface area contributed by atoms with Crippen LogP contribution in [0.2, 0.25) is 0 Å². The van der Waals surface area contributed by atoms with Crippen molar-refractivity contribution in [1.82, 2.24) is 16.2 Å². The fourth-order valence-electron chi connectivity index (χ4n) is 0.611. The minimum atomic E-state index is 0.830. The van der Waals surface area contributed by atoms with Gasteiger partial charge in [0, 0.05) is 13.6 Å². The normalized spacial score (nSPS) is 9.00. The summed E-state index contributed by atoms with van der Waals surface area (Å²) in [5.74, 6) is 0.830. The van der Waals surface area contributed by atoms with E-state index >= 15 is 0 Å². The minimum Gasteiger partial charge on any atom is -0.371 e. The molecule has 0 radical (unpaired) electrons. The Morgan fingerprint density at radius 1 is 1.50 bits per heavy atom. The Labute approximate surface area is 62.9 Å². The molecule has 0 rings (SSSR count). The Morgan fingerprint density at radius 2 is 2.20 bits per heavy atom.